The molecule has 0 bridgehead atoms. The van der Waals surface area contributed by atoms with Crippen LogP contribution in [0.4, 0.5) is 8.78 Å². The second kappa shape index (κ2) is 6.10. The van der Waals surface area contributed by atoms with Crippen molar-refractivity contribution >= 4 is 21.9 Å². The maximum absolute atomic E-state index is 13.7. The van der Waals surface area contributed by atoms with Gasteiger partial charge in [-0.25, -0.2) is 9.18 Å². The fourth-order valence-corrected chi connectivity index (χ4v) is 1.92. The van der Waals surface area contributed by atoms with Crippen molar-refractivity contribution < 1.29 is 28.2 Å². The Morgan fingerprint density at radius 3 is 2.61 bits per heavy atom. The first-order valence-corrected chi connectivity index (χ1v) is 5.79. The predicted molar refractivity (Wildman–Crippen MR) is 62.2 cm³/mol. The van der Waals surface area contributed by atoms with Crippen molar-refractivity contribution in [1.29, 1.82) is 0 Å². The lowest BCUT2D eigenvalue weighted by molar-refractivity contribution is -0.153. The molecule has 0 saturated carbocycles. The zero-order chi connectivity index (χ0) is 13.9. The molecule has 0 radical (unpaired) electrons. The molecular weight excluding hydrogens is 314 g/mol. The number of methoxy groups -OCH3 is 1. The molecule has 0 saturated heterocycles. The summed E-state index contributed by atoms with van der Waals surface area (Å²) in [6, 6.07) is 1.12. The first kappa shape index (κ1) is 14.8. The van der Waals surface area contributed by atoms with Crippen molar-refractivity contribution in [3.05, 3.63) is 27.7 Å². The van der Waals surface area contributed by atoms with Gasteiger partial charge in [0.1, 0.15) is 0 Å². The Hall–Kier alpha value is -1.21. The number of carbonyl (C=O) groups is 1. The van der Waals surface area contributed by atoms with E-state index in [2.05, 4.69) is 25.4 Å². The second-order valence-electron chi connectivity index (χ2n) is 3.26. The van der Waals surface area contributed by atoms with Gasteiger partial charge in [-0.15, -0.1) is 0 Å². The van der Waals surface area contributed by atoms with E-state index in [-0.39, 0.29) is 16.8 Å². The van der Waals surface area contributed by atoms with Gasteiger partial charge in [0.25, 0.3) is 0 Å². The van der Waals surface area contributed by atoms with Gasteiger partial charge in [-0.2, -0.15) is 4.39 Å². The van der Waals surface area contributed by atoms with Gasteiger partial charge in [-0.3, -0.25) is 0 Å². The van der Waals surface area contributed by atoms with E-state index in [1.807, 2.05) is 0 Å². The van der Waals surface area contributed by atoms with Gasteiger partial charge in [0.15, 0.2) is 17.7 Å². The normalized spacial score (nSPS) is 12.1. The van der Waals surface area contributed by atoms with Crippen molar-refractivity contribution in [3.8, 4) is 5.75 Å². The number of ether oxygens (including phenoxy) is 2. The SMILES string of the molecule is CCOC(=O)C(O)c1c(Br)cc(OC)c(F)c1F. The van der Waals surface area contributed by atoms with Gasteiger partial charge in [-0.1, -0.05) is 15.9 Å². The Morgan fingerprint density at radius 2 is 2.11 bits per heavy atom. The second-order valence-corrected chi connectivity index (χ2v) is 4.11. The number of aliphatic hydroxyl groups is 1. The lowest BCUT2D eigenvalue weighted by Crippen LogP contribution is -2.18. The van der Waals surface area contributed by atoms with E-state index in [0.717, 1.165) is 6.07 Å². The number of hydrogen-bond acceptors (Lipinski definition) is 4. The summed E-state index contributed by atoms with van der Waals surface area (Å²) >= 11 is 2.94. The Morgan fingerprint density at radius 1 is 1.50 bits per heavy atom. The summed E-state index contributed by atoms with van der Waals surface area (Å²) in [5, 5.41) is 9.62. The summed E-state index contributed by atoms with van der Waals surface area (Å²) in [6.45, 7) is 1.55. The Kier molecular flexibility index (Phi) is 5.03. The van der Waals surface area contributed by atoms with Crippen LogP contribution in [0.15, 0.2) is 10.5 Å². The third-order valence-corrected chi connectivity index (χ3v) is 2.82. The first-order valence-electron chi connectivity index (χ1n) is 5.00. The number of carbonyl (C=O) groups excluding carboxylic acids is 1. The smallest absolute Gasteiger partial charge is 0.339 e. The number of aliphatic hydroxyl groups excluding tert-OH is 1. The molecule has 18 heavy (non-hydrogen) atoms. The average Bonchev–Trinajstić information content (AvgIpc) is 2.34. The molecule has 0 aromatic heterocycles. The highest BCUT2D eigenvalue weighted by atomic mass is 79.9. The van der Waals surface area contributed by atoms with Gasteiger partial charge in [0.05, 0.1) is 13.7 Å². The molecule has 100 valence electrons. The van der Waals surface area contributed by atoms with Gasteiger partial charge >= 0.3 is 5.97 Å². The Labute approximate surface area is 111 Å². The largest absolute Gasteiger partial charge is 0.494 e. The summed E-state index contributed by atoms with van der Waals surface area (Å²) in [5.41, 5.74) is -0.522. The monoisotopic (exact) mass is 324 g/mol. The van der Waals surface area contributed by atoms with Gasteiger partial charge in [-0.05, 0) is 13.0 Å². The van der Waals surface area contributed by atoms with E-state index in [4.69, 9.17) is 0 Å². The molecule has 1 atom stereocenters. The minimum Gasteiger partial charge on any atom is -0.494 e. The fourth-order valence-electron chi connectivity index (χ4n) is 1.33. The topological polar surface area (TPSA) is 55.8 Å². The molecule has 1 aromatic carbocycles. The molecule has 1 unspecified atom stereocenters. The standard InChI is InChI=1S/C11H11BrF2O4/c1-3-18-11(16)10(15)7-5(12)4-6(17-2)8(13)9(7)14/h4,10,15H,3H2,1-2H3. The highest BCUT2D eigenvalue weighted by Crippen LogP contribution is 2.34. The Bertz CT molecular complexity index is 465. The van der Waals surface area contributed by atoms with Crippen LogP contribution in [0.1, 0.15) is 18.6 Å². The van der Waals surface area contributed by atoms with Crippen LogP contribution in [0.5, 0.6) is 5.75 Å². The molecular formula is C11H11BrF2O4. The van der Waals surface area contributed by atoms with Crippen LogP contribution in [0.25, 0.3) is 0 Å². The number of rotatable bonds is 4. The molecule has 7 heteroatoms. The molecule has 0 spiro atoms. The van der Waals surface area contributed by atoms with Gasteiger partial charge in [0, 0.05) is 10.0 Å². The number of esters is 1. The number of halogens is 3. The minimum atomic E-state index is -1.90. The van der Waals surface area contributed by atoms with Crippen LogP contribution in [0.3, 0.4) is 0 Å². The van der Waals surface area contributed by atoms with Crippen molar-refractivity contribution in [3.63, 3.8) is 0 Å². The lowest BCUT2D eigenvalue weighted by Gasteiger charge is -2.14. The summed E-state index contributed by atoms with van der Waals surface area (Å²) < 4.78 is 36.3. The highest BCUT2D eigenvalue weighted by molar-refractivity contribution is 9.10. The van der Waals surface area contributed by atoms with Crippen molar-refractivity contribution in [2.45, 2.75) is 13.0 Å². The average molecular weight is 325 g/mol. The predicted octanol–water partition coefficient (Wildman–Crippen LogP) is 2.33. The molecule has 1 N–H and O–H groups in total. The quantitative estimate of drug-likeness (QED) is 0.682. The zero-order valence-electron chi connectivity index (χ0n) is 9.67. The molecule has 0 aliphatic carbocycles. The van der Waals surface area contributed by atoms with E-state index < -0.39 is 29.3 Å². The van der Waals surface area contributed by atoms with E-state index >= 15 is 0 Å². The molecule has 0 fully saturated rings. The third kappa shape index (κ3) is 2.78. The summed E-state index contributed by atoms with van der Waals surface area (Å²) in [6.07, 6.45) is -1.90. The summed E-state index contributed by atoms with van der Waals surface area (Å²) in [5.74, 6) is -4.03. The van der Waals surface area contributed by atoms with Crippen LogP contribution in [0.2, 0.25) is 0 Å². The van der Waals surface area contributed by atoms with Crippen molar-refractivity contribution in [2.24, 2.45) is 0 Å². The van der Waals surface area contributed by atoms with Crippen LogP contribution >= 0.6 is 15.9 Å². The van der Waals surface area contributed by atoms with Crippen molar-refractivity contribution in [2.75, 3.05) is 13.7 Å². The molecule has 0 amide bonds. The molecule has 0 heterocycles. The van der Waals surface area contributed by atoms with E-state index in [1.54, 1.807) is 0 Å². The lowest BCUT2D eigenvalue weighted by atomic mass is 10.1. The van der Waals surface area contributed by atoms with Crippen LogP contribution in [-0.4, -0.2) is 24.8 Å². The van der Waals surface area contributed by atoms with E-state index in [0.29, 0.717) is 0 Å². The minimum absolute atomic E-state index is 0.0128. The maximum atomic E-state index is 13.7. The molecule has 0 aliphatic heterocycles. The number of benzene rings is 1. The zero-order valence-corrected chi connectivity index (χ0v) is 11.3. The molecule has 4 nitrogen and oxygen atoms in total. The van der Waals surface area contributed by atoms with E-state index in [1.165, 1.54) is 14.0 Å². The molecule has 1 aromatic rings. The molecule has 1 rings (SSSR count). The number of hydrogen-bond donors (Lipinski definition) is 1. The van der Waals surface area contributed by atoms with Gasteiger partial charge in [0.2, 0.25) is 5.82 Å². The summed E-state index contributed by atoms with van der Waals surface area (Å²) in [7, 11) is 1.17. The van der Waals surface area contributed by atoms with Crippen LogP contribution in [-0.2, 0) is 9.53 Å². The van der Waals surface area contributed by atoms with Crippen LogP contribution < -0.4 is 4.74 Å². The Balaban J connectivity index is 3.25. The molecule has 0 aliphatic rings. The fraction of sp³-hybridized carbons (Fsp3) is 0.364. The van der Waals surface area contributed by atoms with Crippen LogP contribution in [0, 0.1) is 11.6 Å². The first-order chi connectivity index (χ1) is 8.43. The summed E-state index contributed by atoms with van der Waals surface area (Å²) in [4.78, 5) is 11.3. The highest BCUT2D eigenvalue weighted by Gasteiger charge is 2.28. The van der Waals surface area contributed by atoms with Gasteiger partial charge < -0.3 is 14.6 Å². The third-order valence-electron chi connectivity index (χ3n) is 2.16. The van der Waals surface area contributed by atoms with E-state index in [9.17, 15) is 18.7 Å². The maximum Gasteiger partial charge on any atom is 0.339 e. The van der Waals surface area contributed by atoms with Crippen molar-refractivity contribution in [1.82, 2.24) is 0 Å².